The van der Waals surface area contributed by atoms with Crippen LogP contribution in [0.15, 0.2) is 46.2 Å². The zero-order valence-electron chi connectivity index (χ0n) is 18.4. The van der Waals surface area contributed by atoms with Gasteiger partial charge in [0.05, 0.1) is 17.8 Å². The molecule has 1 aromatic heterocycles. The van der Waals surface area contributed by atoms with Gasteiger partial charge in [0.25, 0.3) is 5.91 Å². The first-order valence-corrected chi connectivity index (χ1v) is 11.1. The van der Waals surface area contributed by atoms with E-state index < -0.39 is 0 Å². The van der Waals surface area contributed by atoms with Crippen molar-refractivity contribution in [2.45, 2.75) is 58.2 Å². The van der Waals surface area contributed by atoms with E-state index in [0.29, 0.717) is 11.4 Å². The number of aryl methyl sites for hydroxylation is 1. The van der Waals surface area contributed by atoms with Crippen molar-refractivity contribution in [3.05, 3.63) is 41.6 Å². The van der Waals surface area contributed by atoms with Crippen LogP contribution in [0, 0.1) is 0 Å². The predicted molar refractivity (Wildman–Crippen MR) is 121 cm³/mol. The molecule has 0 aromatic carbocycles. The van der Waals surface area contributed by atoms with Crippen LogP contribution in [0.1, 0.15) is 49.9 Å². The van der Waals surface area contributed by atoms with E-state index >= 15 is 0 Å². The van der Waals surface area contributed by atoms with Crippen LogP contribution >= 0.6 is 0 Å². The van der Waals surface area contributed by atoms with Gasteiger partial charge in [0.2, 0.25) is 0 Å². The van der Waals surface area contributed by atoms with Crippen LogP contribution in [0.5, 0.6) is 0 Å². The first kappa shape index (κ1) is 21.3. The van der Waals surface area contributed by atoms with Gasteiger partial charge in [-0.1, -0.05) is 0 Å². The molecule has 1 aromatic rings. The molecule has 1 unspecified atom stereocenters. The summed E-state index contributed by atoms with van der Waals surface area (Å²) in [5.74, 6) is 1.64. The van der Waals surface area contributed by atoms with Crippen molar-refractivity contribution < 1.29 is 4.79 Å². The van der Waals surface area contributed by atoms with Gasteiger partial charge in [-0.2, -0.15) is 10.2 Å². The van der Waals surface area contributed by atoms with Gasteiger partial charge < -0.3 is 15.5 Å². The lowest BCUT2D eigenvalue weighted by molar-refractivity contribution is 0.0662. The molecule has 0 spiro atoms. The summed E-state index contributed by atoms with van der Waals surface area (Å²) in [7, 11) is 0. The second-order valence-electron chi connectivity index (χ2n) is 8.40. The molecule has 2 atom stereocenters. The highest BCUT2D eigenvalue weighted by Gasteiger charge is 2.30. The summed E-state index contributed by atoms with van der Waals surface area (Å²) in [5, 5.41) is 10.1. The number of rotatable bonds is 4. The van der Waals surface area contributed by atoms with E-state index in [0.717, 1.165) is 63.3 Å². The molecule has 3 aliphatic heterocycles. The molecule has 2 N–H and O–H groups in total. The number of carbonyl (C=O) groups is 1. The van der Waals surface area contributed by atoms with E-state index in [-0.39, 0.29) is 18.0 Å². The second kappa shape index (κ2) is 9.05. The average molecular weight is 425 g/mol. The topological polar surface area (TPSA) is 95.3 Å². The SMILES string of the molecule is C=NN1C=C(C)C(N2CC[C@H](N)C2)=N/C1=C/C1CCCCN1C(=O)c1cnn(CC)c1. The number of nitrogens with zero attached hydrogens (tertiary/aromatic N) is 7. The maximum atomic E-state index is 13.2. The number of hydrogen-bond donors (Lipinski definition) is 1. The number of piperidine rings is 1. The van der Waals surface area contributed by atoms with Crippen molar-refractivity contribution in [3.8, 4) is 0 Å². The largest absolute Gasteiger partial charge is 0.355 e. The molecule has 0 aliphatic carbocycles. The summed E-state index contributed by atoms with van der Waals surface area (Å²) in [6, 6.07) is 0.122. The number of likely N-dealkylation sites (tertiary alicyclic amines) is 2. The maximum absolute atomic E-state index is 13.2. The zero-order chi connectivity index (χ0) is 22.0. The number of hydrogen-bond acceptors (Lipinski definition) is 7. The highest BCUT2D eigenvalue weighted by atomic mass is 16.2. The Hall–Kier alpha value is -2.94. The lowest BCUT2D eigenvalue weighted by atomic mass is 10.0. The smallest absolute Gasteiger partial charge is 0.257 e. The van der Waals surface area contributed by atoms with Gasteiger partial charge in [-0.25, -0.2) is 10.0 Å². The average Bonchev–Trinajstić information content (AvgIpc) is 3.43. The summed E-state index contributed by atoms with van der Waals surface area (Å²) in [5.41, 5.74) is 7.77. The normalized spacial score (nSPS) is 25.6. The first-order chi connectivity index (χ1) is 15.0. The molecule has 9 heteroatoms. The van der Waals surface area contributed by atoms with Crippen LogP contribution in [-0.4, -0.2) is 74.8 Å². The molecular formula is C22H32N8O. The molecule has 4 heterocycles. The van der Waals surface area contributed by atoms with Crippen molar-refractivity contribution in [2.24, 2.45) is 15.8 Å². The fraction of sp³-hybridized carbons (Fsp3) is 0.545. The first-order valence-electron chi connectivity index (χ1n) is 11.1. The van der Waals surface area contributed by atoms with Crippen LogP contribution < -0.4 is 5.73 Å². The number of carbonyl (C=O) groups excluding carboxylic acids is 1. The molecule has 0 bridgehead atoms. The number of aliphatic imine (C=N–C) groups is 1. The summed E-state index contributed by atoms with van der Waals surface area (Å²) in [6.07, 6.45) is 11.4. The van der Waals surface area contributed by atoms with E-state index in [4.69, 9.17) is 10.7 Å². The fourth-order valence-corrected chi connectivity index (χ4v) is 4.45. The number of nitrogens with two attached hydrogens (primary N) is 1. The van der Waals surface area contributed by atoms with E-state index in [1.165, 1.54) is 0 Å². The quantitative estimate of drug-likeness (QED) is 0.746. The number of amides is 1. The fourth-order valence-electron chi connectivity index (χ4n) is 4.45. The third-order valence-corrected chi connectivity index (χ3v) is 6.16. The minimum absolute atomic E-state index is 0.0108. The molecule has 2 fully saturated rings. The van der Waals surface area contributed by atoms with Gasteiger partial charge in [-0.15, -0.1) is 0 Å². The van der Waals surface area contributed by atoms with Crippen LogP contribution in [0.4, 0.5) is 0 Å². The van der Waals surface area contributed by atoms with Crippen LogP contribution in [0.3, 0.4) is 0 Å². The van der Waals surface area contributed by atoms with Crippen molar-refractivity contribution in [1.82, 2.24) is 24.6 Å². The van der Waals surface area contributed by atoms with Crippen LogP contribution in [0.2, 0.25) is 0 Å². The molecule has 31 heavy (non-hydrogen) atoms. The molecule has 2 saturated heterocycles. The lowest BCUT2D eigenvalue weighted by Crippen LogP contribution is -2.43. The summed E-state index contributed by atoms with van der Waals surface area (Å²) in [6.45, 7) is 10.9. The van der Waals surface area contributed by atoms with Crippen LogP contribution in [-0.2, 0) is 6.54 Å². The van der Waals surface area contributed by atoms with Gasteiger partial charge in [0, 0.05) is 56.9 Å². The Balaban J connectivity index is 1.62. The van der Waals surface area contributed by atoms with Gasteiger partial charge in [-0.3, -0.25) is 9.48 Å². The standard InChI is InChI=1S/C22H32N8O/c1-4-28-14-17(12-25-28)22(31)29-9-6-5-7-19(29)11-20-26-21(16(2)13-30(20)24-3)27-10-8-18(23)15-27/h11-14,18-19H,3-10,15,23H2,1-2H3/b20-11-/t18-,19?/m0/s1. The van der Waals surface area contributed by atoms with E-state index in [1.54, 1.807) is 15.9 Å². The number of hydrazone groups is 1. The van der Waals surface area contributed by atoms with Gasteiger partial charge >= 0.3 is 0 Å². The van der Waals surface area contributed by atoms with Crippen molar-refractivity contribution in [3.63, 3.8) is 0 Å². The Labute approximate surface area is 183 Å². The van der Waals surface area contributed by atoms with Gasteiger partial charge in [0.1, 0.15) is 5.84 Å². The maximum Gasteiger partial charge on any atom is 0.257 e. The Bertz CT molecular complexity index is 930. The monoisotopic (exact) mass is 424 g/mol. The zero-order valence-corrected chi connectivity index (χ0v) is 18.4. The highest BCUT2D eigenvalue weighted by molar-refractivity contribution is 5.99. The number of aromatic nitrogens is 2. The predicted octanol–water partition coefficient (Wildman–Crippen LogP) is 2.01. The molecule has 3 aliphatic rings. The third kappa shape index (κ3) is 4.41. The minimum atomic E-state index is -0.0527. The van der Waals surface area contributed by atoms with E-state index in [9.17, 15) is 4.79 Å². The summed E-state index contributed by atoms with van der Waals surface area (Å²) < 4.78 is 1.78. The molecule has 4 rings (SSSR count). The Morgan fingerprint density at radius 1 is 1.35 bits per heavy atom. The third-order valence-electron chi connectivity index (χ3n) is 6.16. The van der Waals surface area contributed by atoms with Gasteiger partial charge in [-0.05, 0) is 45.6 Å². The van der Waals surface area contributed by atoms with E-state index in [2.05, 4.69) is 27.9 Å². The molecular weight excluding hydrogens is 392 g/mol. The summed E-state index contributed by atoms with van der Waals surface area (Å²) >= 11 is 0. The molecule has 166 valence electrons. The Morgan fingerprint density at radius 2 is 2.19 bits per heavy atom. The second-order valence-corrected chi connectivity index (χ2v) is 8.40. The lowest BCUT2D eigenvalue weighted by Gasteiger charge is -2.35. The number of amidine groups is 1. The minimum Gasteiger partial charge on any atom is -0.355 e. The molecule has 0 radical (unpaired) electrons. The van der Waals surface area contributed by atoms with E-state index in [1.807, 2.05) is 31.1 Å². The molecule has 0 saturated carbocycles. The summed E-state index contributed by atoms with van der Waals surface area (Å²) in [4.78, 5) is 22.3. The molecule has 9 nitrogen and oxygen atoms in total. The van der Waals surface area contributed by atoms with Crippen molar-refractivity contribution in [1.29, 1.82) is 0 Å². The Kier molecular flexibility index (Phi) is 6.22. The van der Waals surface area contributed by atoms with Gasteiger partial charge in [0.15, 0.2) is 5.82 Å². The van der Waals surface area contributed by atoms with Crippen LogP contribution in [0.25, 0.3) is 0 Å². The molecule has 1 amide bonds. The highest BCUT2D eigenvalue weighted by Crippen LogP contribution is 2.26. The van der Waals surface area contributed by atoms with Crippen molar-refractivity contribution in [2.75, 3.05) is 19.6 Å². The van der Waals surface area contributed by atoms with Crippen molar-refractivity contribution >= 4 is 18.5 Å². The Morgan fingerprint density at radius 3 is 2.87 bits per heavy atom.